The molecule has 2 nitrogen and oxygen atoms in total. The molecule has 2 aliphatic rings. The maximum absolute atomic E-state index is 4.83. The van der Waals surface area contributed by atoms with E-state index in [1.54, 1.807) is 0 Å². The van der Waals surface area contributed by atoms with Crippen LogP contribution in [0.25, 0.3) is 0 Å². The van der Waals surface area contributed by atoms with Gasteiger partial charge in [-0.3, -0.25) is 4.99 Å². The zero-order valence-corrected chi connectivity index (χ0v) is 13.1. The third-order valence-electron chi connectivity index (χ3n) is 4.28. The summed E-state index contributed by atoms with van der Waals surface area (Å²) in [4.78, 5) is 4.83. The number of amidine groups is 1. The number of rotatable bonds is 2. The van der Waals surface area contributed by atoms with Crippen molar-refractivity contribution in [3.05, 3.63) is 0 Å². The second-order valence-electron chi connectivity index (χ2n) is 7.13. The molecule has 1 aliphatic heterocycles. The normalized spacial score (nSPS) is 35.8. The molecule has 0 aromatic heterocycles. The van der Waals surface area contributed by atoms with Gasteiger partial charge in [0.15, 0.2) is 5.17 Å². The average Bonchev–Trinajstić information content (AvgIpc) is 2.72. The first kappa shape index (κ1) is 14.2. The first-order valence-electron chi connectivity index (χ1n) is 7.39. The summed E-state index contributed by atoms with van der Waals surface area (Å²) in [5.74, 6) is 2.98. The molecule has 1 heterocycles. The number of aliphatic imine (C=N–C) groups is 1. The Hall–Kier alpha value is -0.180. The van der Waals surface area contributed by atoms with Crippen LogP contribution in [-0.4, -0.2) is 23.5 Å². The van der Waals surface area contributed by atoms with Gasteiger partial charge >= 0.3 is 0 Å². The summed E-state index contributed by atoms with van der Waals surface area (Å²) in [6.07, 6.45) is 5.42. The van der Waals surface area contributed by atoms with Gasteiger partial charge in [-0.25, -0.2) is 0 Å². The lowest BCUT2D eigenvalue weighted by molar-refractivity contribution is 0.290. The zero-order valence-electron chi connectivity index (χ0n) is 12.3. The van der Waals surface area contributed by atoms with Gasteiger partial charge in [-0.2, -0.15) is 0 Å². The molecule has 0 aromatic carbocycles. The summed E-state index contributed by atoms with van der Waals surface area (Å²) in [6.45, 7) is 10.4. The first-order valence-corrected chi connectivity index (χ1v) is 8.37. The van der Waals surface area contributed by atoms with Crippen molar-refractivity contribution >= 4 is 16.9 Å². The van der Waals surface area contributed by atoms with E-state index in [2.05, 4.69) is 33.0 Å². The minimum absolute atomic E-state index is 0.337. The standard InChI is InChI=1S/C15H28N2S/c1-11-5-6-12(9-11)10-16-14-17-13(7-8-18-14)15(2,3)4/h11-13H,5-10H2,1-4H3,(H,16,17). The van der Waals surface area contributed by atoms with Gasteiger partial charge in [0, 0.05) is 18.3 Å². The van der Waals surface area contributed by atoms with Crippen LogP contribution < -0.4 is 5.32 Å². The molecular formula is C15H28N2S. The van der Waals surface area contributed by atoms with Crippen LogP contribution in [0.2, 0.25) is 0 Å². The van der Waals surface area contributed by atoms with Gasteiger partial charge in [0.05, 0.1) is 0 Å². The van der Waals surface area contributed by atoms with Crippen LogP contribution in [0.15, 0.2) is 4.99 Å². The maximum Gasteiger partial charge on any atom is 0.156 e. The molecule has 3 unspecified atom stereocenters. The molecule has 1 saturated heterocycles. The summed E-state index contributed by atoms with van der Waals surface area (Å²) in [7, 11) is 0. The Balaban J connectivity index is 1.85. The predicted molar refractivity (Wildman–Crippen MR) is 82.3 cm³/mol. The fourth-order valence-electron chi connectivity index (χ4n) is 2.98. The van der Waals surface area contributed by atoms with Crippen LogP contribution in [-0.2, 0) is 0 Å². The van der Waals surface area contributed by atoms with Crippen LogP contribution in [0, 0.1) is 17.3 Å². The van der Waals surface area contributed by atoms with E-state index in [9.17, 15) is 0 Å². The lowest BCUT2D eigenvalue weighted by Gasteiger charge is -2.35. The van der Waals surface area contributed by atoms with Crippen LogP contribution in [0.5, 0.6) is 0 Å². The van der Waals surface area contributed by atoms with Gasteiger partial charge < -0.3 is 5.32 Å². The van der Waals surface area contributed by atoms with Crippen molar-refractivity contribution in [3.8, 4) is 0 Å². The van der Waals surface area contributed by atoms with E-state index in [1.165, 1.54) is 36.6 Å². The molecule has 1 saturated carbocycles. The van der Waals surface area contributed by atoms with Crippen molar-refractivity contribution in [2.24, 2.45) is 22.2 Å². The van der Waals surface area contributed by atoms with Crippen molar-refractivity contribution in [1.82, 2.24) is 5.32 Å². The predicted octanol–water partition coefficient (Wildman–Crippen LogP) is 3.92. The molecule has 3 atom stereocenters. The van der Waals surface area contributed by atoms with E-state index in [0.717, 1.165) is 18.4 Å². The van der Waals surface area contributed by atoms with Crippen LogP contribution >= 0.6 is 11.8 Å². The van der Waals surface area contributed by atoms with Crippen molar-refractivity contribution in [3.63, 3.8) is 0 Å². The molecular weight excluding hydrogens is 240 g/mol. The molecule has 3 heteroatoms. The molecule has 0 aromatic rings. The summed E-state index contributed by atoms with van der Waals surface area (Å²) in [5.41, 5.74) is 0.337. The van der Waals surface area contributed by atoms with Crippen molar-refractivity contribution in [2.45, 2.75) is 59.4 Å². The number of nitrogens with one attached hydrogen (secondary N) is 1. The maximum atomic E-state index is 4.83. The number of hydrogen-bond donors (Lipinski definition) is 1. The Kier molecular flexibility index (Phi) is 4.63. The van der Waals surface area contributed by atoms with Gasteiger partial charge in [0.2, 0.25) is 0 Å². The van der Waals surface area contributed by atoms with Gasteiger partial charge in [-0.05, 0) is 36.5 Å². The molecule has 1 aliphatic carbocycles. The Morgan fingerprint density at radius 2 is 2.06 bits per heavy atom. The third-order valence-corrected chi connectivity index (χ3v) is 5.25. The Morgan fingerprint density at radius 1 is 1.28 bits per heavy atom. The molecule has 18 heavy (non-hydrogen) atoms. The summed E-state index contributed by atoms with van der Waals surface area (Å²) >= 11 is 1.91. The van der Waals surface area contributed by atoms with Gasteiger partial charge in [-0.15, -0.1) is 0 Å². The van der Waals surface area contributed by atoms with Gasteiger partial charge in [0.25, 0.3) is 0 Å². The third kappa shape index (κ3) is 3.91. The largest absolute Gasteiger partial charge is 0.362 e. The Morgan fingerprint density at radius 3 is 2.67 bits per heavy atom. The number of nitrogens with zero attached hydrogens (tertiary/aromatic N) is 1. The van der Waals surface area contributed by atoms with E-state index < -0.39 is 0 Å². The van der Waals surface area contributed by atoms with Gasteiger partial charge in [-0.1, -0.05) is 45.9 Å². The molecule has 2 rings (SSSR count). The minimum Gasteiger partial charge on any atom is -0.362 e. The first-order chi connectivity index (χ1) is 8.45. The van der Waals surface area contributed by atoms with Gasteiger partial charge in [0.1, 0.15) is 0 Å². The minimum atomic E-state index is 0.337. The van der Waals surface area contributed by atoms with E-state index in [1.807, 2.05) is 11.8 Å². The average molecular weight is 268 g/mol. The van der Waals surface area contributed by atoms with Crippen LogP contribution in [0.1, 0.15) is 53.4 Å². The monoisotopic (exact) mass is 268 g/mol. The smallest absolute Gasteiger partial charge is 0.156 e. The topological polar surface area (TPSA) is 24.4 Å². The summed E-state index contributed by atoms with van der Waals surface area (Å²) in [5, 5.41) is 4.84. The lowest BCUT2D eigenvalue weighted by atomic mass is 9.85. The van der Waals surface area contributed by atoms with E-state index in [-0.39, 0.29) is 0 Å². The second-order valence-corrected chi connectivity index (χ2v) is 8.21. The van der Waals surface area contributed by atoms with Crippen molar-refractivity contribution in [1.29, 1.82) is 0 Å². The van der Waals surface area contributed by atoms with E-state index in [0.29, 0.717) is 11.5 Å². The Labute approximate surface area is 116 Å². The second kappa shape index (κ2) is 5.85. The molecule has 2 fully saturated rings. The summed E-state index contributed by atoms with van der Waals surface area (Å²) in [6, 6.07) is 0.583. The van der Waals surface area contributed by atoms with E-state index in [4.69, 9.17) is 4.99 Å². The molecule has 0 amide bonds. The summed E-state index contributed by atoms with van der Waals surface area (Å²) < 4.78 is 0. The SMILES string of the molecule is CC1CCC(CN=C2NC(C(C)(C)C)CCS2)C1. The molecule has 1 N–H and O–H groups in total. The lowest BCUT2D eigenvalue weighted by Crippen LogP contribution is -2.46. The molecule has 104 valence electrons. The fourth-order valence-corrected chi connectivity index (χ4v) is 3.92. The zero-order chi connectivity index (χ0) is 13.2. The van der Waals surface area contributed by atoms with Crippen molar-refractivity contribution < 1.29 is 0 Å². The van der Waals surface area contributed by atoms with Crippen molar-refractivity contribution in [2.75, 3.05) is 12.3 Å². The number of thioether (sulfide) groups is 1. The highest BCUT2D eigenvalue weighted by Crippen LogP contribution is 2.31. The molecule has 0 spiro atoms. The van der Waals surface area contributed by atoms with Crippen LogP contribution in [0.4, 0.5) is 0 Å². The highest BCUT2D eigenvalue weighted by molar-refractivity contribution is 8.13. The highest BCUT2D eigenvalue weighted by Gasteiger charge is 2.28. The quantitative estimate of drug-likeness (QED) is 0.821. The Bertz CT molecular complexity index is 306. The van der Waals surface area contributed by atoms with Crippen LogP contribution in [0.3, 0.4) is 0 Å². The number of hydrogen-bond acceptors (Lipinski definition) is 2. The van der Waals surface area contributed by atoms with E-state index >= 15 is 0 Å². The highest BCUT2D eigenvalue weighted by atomic mass is 32.2. The molecule has 0 bridgehead atoms. The fraction of sp³-hybridized carbons (Fsp3) is 0.933. The molecule has 0 radical (unpaired) electrons.